The maximum atomic E-state index is 11.6. The van der Waals surface area contributed by atoms with Crippen LogP contribution in [0.15, 0.2) is 24.3 Å². The number of ketones is 1. The van der Waals surface area contributed by atoms with Gasteiger partial charge in [-0.1, -0.05) is 29.8 Å². The van der Waals surface area contributed by atoms with Crippen LogP contribution >= 0.6 is 11.6 Å². The van der Waals surface area contributed by atoms with Crippen LogP contribution in [-0.2, 0) is 4.79 Å². The molecule has 0 amide bonds. The van der Waals surface area contributed by atoms with E-state index in [9.17, 15) is 9.90 Å². The third-order valence-corrected chi connectivity index (χ3v) is 3.49. The molecule has 0 bridgehead atoms. The summed E-state index contributed by atoms with van der Waals surface area (Å²) < 4.78 is 0. The SMILES string of the molecule is NC1C(=O)C(O)CCC1c1ccccc1Cl. The minimum absolute atomic E-state index is 0.0791. The first kappa shape index (κ1) is 11.6. The number of rotatable bonds is 1. The monoisotopic (exact) mass is 239 g/mol. The van der Waals surface area contributed by atoms with Crippen LogP contribution in [0.3, 0.4) is 0 Å². The molecule has 4 heteroatoms. The Balaban J connectivity index is 2.29. The summed E-state index contributed by atoms with van der Waals surface area (Å²) in [7, 11) is 0. The van der Waals surface area contributed by atoms with Crippen molar-refractivity contribution in [2.75, 3.05) is 0 Å². The molecule has 1 aliphatic carbocycles. The zero-order valence-electron chi connectivity index (χ0n) is 8.77. The Bertz CT molecular complexity index is 408. The zero-order valence-corrected chi connectivity index (χ0v) is 9.52. The van der Waals surface area contributed by atoms with E-state index in [0.717, 1.165) is 5.56 Å². The number of carbonyl (C=O) groups is 1. The number of halogens is 1. The summed E-state index contributed by atoms with van der Waals surface area (Å²) in [5.41, 5.74) is 6.75. The highest BCUT2D eigenvalue weighted by molar-refractivity contribution is 6.31. The van der Waals surface area contributed by atoms with E-state index in [0.29, 0.717) is 17.9 Å². The third kappa shape index (κ3) is 1.98. The normalized spacial score (nSPS) is 30.4. The average Bonchev–Trinajstić information content (AvgIpc) is 2.28. The molecule has 1 fully saturated rings. The Kier molecular flexibility index (Phi) is 3.28. The summed E-state index contributed by atoms with van der Waals surface area (Å²) in [6, 6.07) is 6.75. The van der Waals surface area contributed by atoms with Crippen LogP contribution in [0.4, 0.5) is 0 Å². The molecule has 0 aromatic heterocycles. The summed E-state index contributed by atoms with van der Waals surface area (Å²) in [6.07, 6.45) is 0.244. The Hall–Kier alpha value is -0.900. The number of carbonyl (C=O) groups excluding carboxylic acids is 1. The lowest BCUT2D eigenvalue weighted by atomic mass is 9.78. The van der Waals surface area contributed by atoms with Gasteiger partial charge in [-0.15, -0.1) is 0 Å². The number of nitrogens with two attached hydrogens (primary N) is 1. The first-order valence-corrected chi connectivity index (χ1v) is 5.71. The van der Waals surface area contributed by atoms with Gasteiger partial charge in [0.25, 0.3) is 0 Å². The van der Waals surface area contributed by atoms with Gasteiger partial charge in [-0.05, 0) is 24.5 Å². The quantitative estimate of drug-likeness (QED) is 0.780. The summed E-state index contributed by atoms with van der Waals surface area (Å²) in [6.45, 7) is 0. The molecule has 1 saturated carbocycles. The number of hydrogen-bond acceptors (Lipinski definition) is 3. The van der Waals surface area contributed by atoms with Crippen molar-refractivity contribution in [1.82, 2.24) is 0 Å². The third-order valence-electron chi connectivity index (χ3n) is 3.15. The number of Topliss-reactive ketones (excluding diaryl/α,β-unsaturated/α-hetero) is 1. The van der Waals surface area contributed by atoms with Crippen molar-refractivity contribution in [3.8, 4) is 0 Å². The minimum Gasteiger partial charge on any atom is -0.385 e. The fourth-order valence-corrected chi connectivity index (χ4v) is 2.48. The standard InChI is InChI=1S/C12H14ClNO2/c13-9-4-2-1-3-7(9)8-5-6-10(15)12(16)11(8)14/h1-4,8,10-11,15H,5-6,14H2. The van der Waals surface area contributed by atoms with Crippen molar-refractivity contribution in [2.45, 2.75) is 30.9 Å². The average molecular weight is 240 g/mol. The molecule has 0 radical (unpaired) electrons. The van der Waals surface area contributed by atoms with Gasteiger partial charge >= 0.3 is 0 Å². The molecule has 3 N–H and O–H groups in total. The molecule has 0 saturated heterocycles. The fourth-order valence-electron chi connectivity index (χ4n) is 2.20. The van der Waals surface area contributed by atoms with E-state index in [1.165, 1.54) is 0 Å². The second-order valence-corrected chi connectivity index (χ2v) is 4.56. The summed E-state index contributed by atoms with van der Waals surface area (Å²) >= 11 is 6.08. The second-order valence-electron chi connectivity index (χ2n) is 4.15. The molecule has 1 aromatic rings. The number of hydrogen-bond donors (Lipinski definition) is 2. The lowest BCUT2D eigenvalue weighted by molar-refractivity contribution is -0.131. The zero-order chi connectivity index (χ0) is 11.7. The molecule has 0 aliphatic heterocycles. The predicted octanol–water partition coefficient (Wildman–Crippen LogP) is 1.47. The van der Waals surface area contributed by atoms with Gasteiger partial charge in [0.05, 0.1) is 6.04 Å². The molecule has 3 unspecified atom stereocenters. The maximum Gasteiger partial charge on any atom is 0.178 e. The Labute approximate surface area is 99.2 Å². The highest BCUT2D eigenvalue weighted by atomic mass is 35.5. The van der Waals surface area contributed by atoms with E-state index in [1.54, 1.807) is 6.07 Å². The van der Waals surface area contributed by atoms with Crippen LogP contribution in [-0.4, -0.2) is 23.0 Å². The molecule has 16 heavy (non-hydrogen) atoms. The van der Waals surface area contributed by atoms with Gasteiger partial charge in [0.1, 0.15) is 6.10 Å². The lowest BCUT2D eigenvalue weighted by Gasteiger charge is -2.31. The predicted molar refractivity (Wildman–Crippen MR) is 62.4 cm³/mol. The number of aliphatic hydroxyl groups is 1. The van der Waals surface area contributed by atoms with E-state index in [-0.39, 0.29) is 11.7 Å². The lowest BCUT2D eigenvalue weighted by Crippen LogP contribution is -2.47. The molecule has 86 valence electrons. The molecule has 3 atom stereocenters. The van der Waals surface area contributed by atoms with Crippen molar-refractivity contribution in [3.05, 3.63) is 34.9 Å². The van der Waals surface area contributed by atoms with E-state index in [1.807, 2.05) is 18.2 Å². The Morgan fingerprint density at radius 2 is 2.00 bits per heavy atom. The largest absolute Gasteiger partial charge is 0.385 e. The van der Waals surface area contributed by atoms with Crippen LogP contribution in [0, 0.1) is 0 Å². The molecular formula is C12H14ClNO2. The molecule has 0 spiro atoms. The van der Waals surface area contributed by atoms with Crippen LogP contribution in [0.1, 0.15) is 24.3 Å². The first-order valence-electron chi connectivity index (χ1n) is 5.33. The Morgan fingerprint density at radius 3 is 2.69 bits per heavy atom. The molecule has 2 rings (SSSR count). The molecular weight excluding hydrogens is 226 g/mol. The maximum absolute atomic E-state index is 11.6. The van der Waals surface area contributed by atoms with Crippen LogP contribution in [0.5, 0.6) is 0 Å². The Morgan fingerprint density at radius 1 is 1.31 bits per heavy atom. The highest BCUT2D eigenvalue weighted by Gasteiger charge is 2.36. The van der Waals surface area contributed by atoms with Crippen LogP contribution in [0.25, 0.3) is 0 Å². The number of benzene rings is 1. The van der Waals surface area contributed by atoms with Crippen LogP contribution < -0.4 is 5.73 Å². The van der Waals surface area contributed by atoms with Crippen molar-refractivity contribution < 1.29 is 9.90 Å². The molecule has 0 heterocycles. The van der Waals surface area contributed by atoms with Gasteiger partial charge in [0, 0.05) is 10.9 Å². The summed E-state index contributed by atoms with van der Waals surface area (Å²) in [5, 5.41) is 10.1. The van der Waals surface area contributed by atoms with Crippen molar-refractivity contribution in [1.29, 1.82) is 0 Å². The van der Waals surface area contributed by atoms with Crippen molar-refractivity contribution in [3.63, 3.8) is 0 Å². The topological polar surface area (TPSA) is 63.3 Å². The van der Waals surface area contributed by atoms with Gasteiger partial charge < -0.3 is 10.8 Å². The van der Waals surface area contributed by atoms with E-state index in [2.05, 4.69) is 0 Å². The first-order chi connectivity index (χ1) is 7.61. The van der Waals surface area contributed by atoms with Crippen LogP contribution in [0.2, 0.25) is 5.02 Å². The van der Waals surface area contributed by atoms with E-state index < -0.39 is 12.1 Å². The molecule has 1 aromatic carbocycles. The highest BCUT2D eigenvalue weighted by Crippen LogP contribution is 2.34. The molecule has 1 aliphatic rings. The number of aliphatic hydroxyl groups excluding tert-OH is 1. The van der Waals surface area contributed by atoms with Gasteiger partial charge in [0.2, 0.25) is 0 Å². The second kappa shape index (κ2) is 4.53. The van der Waals surface area contributed by atoms with E-state index >= 15 is 0 Å². The van der Waals surface area contributed by atoms with Gasteiger partial charge in [0.15, 0.2) is 5.78 Å². The van der Waals surface area contributed by atoms with Gasteiger partial charge in [-0.3, -0.25) is 4.79 Å². The van der Waals surface area contributed by atoms with Crippen molar-refractivity contribution >= 4 is 17.4 Å². The summed E-state index contributed by atoms with van der Waals surface area (Å²) in [5.74, 6) is -0.360. The van der Waals surface area contributed by atoms with Gasteiger partial charge in [-0.25, -0.2) is 0 Å². The fraction of sp³-hybridized carbons (Fsp3) is 0.417. The molecule has 3 nitrogen and oxygen atoms in total. The van der Waals surface area contributed by atoms with E-state index in [4.69, 9.17) is 17.3 Å². The smallest absolute Gasteiger partial charge is 0.178 e. The summed E-state index contributed by atoms with van der Waals surface area (Å²) in [4.78, 5) is 11.6. The van der Waals surface area contributed by atoms with Crippen molar-refractivity contribution in [2.24, 2.45) is 5.73 Å². The van der Waals surface area contributed by atoms with Gasteiger partial charge in [-0.2, -0.15) is 0 Å². The minimum atomic E-state index is -0.909.